The Morgan fingerprint density at radius 2 is 1.96 bits per heavy atom. The van der Waals surface area contributed by atoms with Gasteiger partial charge in [-0.3, -0.25) is 4.99 Å². The summed E-state index contributed by atoms with van der Waals surface area (Å²) in [5.41, 5.74) is 1.34. The van der Waals surface area contributed by atoms with Crippen molar-refractivity contribution in [3.05, 3.63) is 35.9 Å². The minimum Gasteiger partial charge on any atom is -0.381 e. The zero-order valence-corrected chi connectivity index (χ0v) is 16.5. The molecule has 1 aromatic carbocycles. The molecule has 0 radical (unpaired) electrons. The van der Waals surface area contributed by atoms with Crippen LogP contribution in [0.1, 0.15) is 51.5 Å². The van der Waals surface area contributed by atoms with E-state index in [1.807, 2.05) is 0 Å². The lowest BCUT2D eigenvalue weighted by Gasteiger charge is -2.24. The Kier molecular flexibility index (Phi) is 9.50. The van der Waals surface area contributed by atoms with Crippen molar-refractivity contribution in [3.8, 4) is 0 Å². The van der Waals surface area contributed by atoms with Crippen LogP contribution in [0.2, 0.25) is 0 Å². The van der Waals surface area contributed by atoms with Gasteiger partial charge in [0, 0.05) is 44.9 Å². The molecule has 0 saturated carbocycles. The molecule has 1 aliphatic rings. The Morgan fingerprint density at radius 3 is 2.65 bits per heavy atom. The fourth-order valence-corrected chi connectivity index (χ4v) is 3.05. The highest BCUT2D eigenvalue weighted by Gasteiger charge is 2.15. The Labute approximate surface area is 158 Å². The number of rotatable bonds is 9. The van der Waals surface area contributed by atoms with Gasteiger partial charge in [-0.1, -0.05) is 37.3 Å². The van der Waals surface area contributed by atoms with Crippen LogP contribution in [0.25, 0.3) is 0 Å². The summed E-state index contributed by atoms with van der Waals surface area (Å²) < 4.78 is 11.3. The highest BCUT2D eigenvalue weighted by molar-refractivity contribution is 5.80. The normalized spacial score (nSPS) is 18.3. The highest BCUT2D eigenvalue weighted by atomic mass is 16.5. The Hall–Kier alpha value is -1.59. The smallest absolute Gasteiger partial charge is 0.191 e. The number of benzene rings is 1. The quantitative estimate of drug-likeness (QED) is 0.402. The summed E-state index contributed by atoms with van der Waals surface area (Å²) in [6, 6.07) is 10.9. The van der Waals surface area contributed by atoms with Gasteiger partial charge in [0.2, 0.25) is 0 Å². The first-order valence-corrected chi connectivity index (χ1v) is 9.99. The molecule has 5 heteroatoms. The Morgan fingerprint density at radius 1 is 1.23 bits per heavy atom. The molecule has 1 saturated heterocycles. The molecule has 2 unspecified atom stereocenters. The molecule has 0 aromatic heterocycles. The first kappa shape index (κ1) is 20.7. The van der Waals surface area contributed by atoms with E-state index in [4.69, 9.17) is 14.5 Å². The standard InChI is InChI=1S/C21H35N3O2/c1-4-22-21(23-13-8-14-26-20-11-15-25-16-12-20)24-18(3)17(2)19-9-6-5-7-10-19/h5-7,9-10,17-18,20H,4,8,11-16H2,1-3H3,(H2,22,23,24). The van der Waals surface area contributed by atoms with Crippen LogP contribution in [-0.2, 0) is 9.47 Å². The van der Waals surface area contributed by atoms with Gasteiger partial charge < -0.3 is 20.1 Å². The van der Waals surface area contributed by atoms with Crippen LogP contribution in [0.5, 0.6) is 0 Å². The molecule has 0 amide bonds. The molecule has 0 bridgehead atoms. The molecule has 2 atom stereocenters. The predicted molar refractivity (Wildman–Crippen MR) is 108 cm³/mol. The van der Waals surface area contributed by atoms with Crippen molar-refractivity contribution < 1.29 is 9.47 Å². The lowest BCUT2D eigenvalue weighted by Crippen LogP contribution is -2.44. The van der Waals surface area contributed by atoms with Crippen LogP contribution in [0, 0.1) is 0 Å². The van der Waals surface area contributed by atoms with E-state index in [0.717, 1.165) is 58.1 Å². The van der Waals surface area contributed by atoms with E-state index in [-0.39, 0.29) is 0 Å². The summed E-state index contributed by atoms with van der Waals surface area (Å²) in [4.78, 5) is 4.70. The summed E-state index contributed by atoms with van der Waals surface area (Å²) in [5, 5.41) is 6.88. The third-order valence-electron chi connectivity index (χ3n) is 4.88. The lowest BCUT2D eigenvalue weighted by molar-refractivity contribution is -0.0318. The van der Waals surface area contributed by atoms with Crippen molar-refractivity contribution >= 4 is 5.96 Å². The second kappa shape index (κ2) is 11.9. The van der Waals surface area contributed by atoms with E-state index in [2.05, 4.69) is 61.7 Å². The van der Waals surface area contributed by atoms with Crippen molar-refractivity contribution in [2.45, 2.75) is 58.1 Å². The van der Waals surface area contributed by atoms with Crippen LogP contribution in [-0.4, -0.2) is 51.0 Å². The average molecular weight is 362 g/mol. The molecule has 0 aliphatic carbocycles. The van der Waals surface area contributed by atoms with Gasteiger partial charge in [-0.15, -0.1) is 0 Å². The maximum absolute atomic E-state index is 5.91. The van der Waals surface area contributed by atoms with E-state index in [1.165, 1.54) is 5.56 Å². The summed E-state index contributed by atoms with van der Waals surface area (Å²) in [6.07, 6.45) is 3.34. The number of hydrogen-bond donors (Lipinski definition) is 2. The summed E-state index contributed by atoms with van der Waals surface area (Å²) in [7, 11) is 0. The monoisotopic (exact) mass is 361 g/mol. The number of nitrogens with one attached hydrogen (secondary N) is 2. The summed E-state index contributed by atoms with van der Waals surface area (Å²) >= 11 is 0. The molecule has 2 N–H and O–H groups in total. The second-order valence-corrected chi connectivity index (χ2v) is 6.93. The maximum Gasteiger partial charge on any atom is 0.191 e. The average Bonchev–Trinajstić information content (AvgIpc) is 2.68. The summed E-state index contributed by atoms with van der Waals surface area (Å²) in [6.45, 7) is 10.6. The van der Waals surface area contributed by atoms with E-state index < -0.39 is 0 Å². The van der Waals surface area contributed by atoms with Crippen LogP contribution in [0.15, 0.2) is 35.3 Å². The molecule has 5 nitrogen and oxygen atoms in total. The second-order valence-electron chi connectivity index (χ2n) is 6.93. The Balaban J connectivity index is 1.74. The highest BCUT2D eigenvalue weighted by Crippen LogP contribution is 2.18. The van der Waals surface area contributed by atoms with Crippen LogP contribution < -0.4 is 10.6 Å². The number of ether oxygens (including phenoxy) is 2. The molecular formula is C21H35N3O2. The zero-order chi connectivity index (χ0) is 18.6. The van der Waals surface area contributed by atoms with Gasteiger partial charge in [-0.25, -0.2) is 0 Å². The van der Waals surface area contributed by atoms with Crippen LogP contribution in [0.4, 0.5) is 0 Å². The first-order valence-electron chi connectivity index (χ1n) is 9.99. The minimum absolute atomic E-state index is 0.300. The van der Waals surface area contributed by atoms with Crippen molar-refractivity contribution in [3.63, 3.8) is 0 Å². The first-order chi connectivity index (χ1) is 12.7. The van der Waals surface area contributed by atoms with E-state index in [0.29, 0.717) is 18.1 Å². The third-order valence-corrected chi connectivity index (χ3v) is 4.88. The van der Waals surface area contributed by atoms with E-state index >= 15 is 0 Å². The molecule has 26 heavy (non-hydrogen) atoms. The van der Waals surface area contributed by atoms with Gasteiger partial charge in [-0.05, 0) is 38.7 Å². The molecule has 2 rings (SSSR count). The molecule has 1 heterocycles. The minimum atomic E-state index is 0.300. The fourth-order valence-electron chi connectivity index (χ4n) is 3.05. The van der Waals surface area contributed by atoms with Crippen molar-refractivity contribution in [2.24, 2.45) is 4.99 Å². The molecule has 1 fully saturated rings. The lowest BCUT2D eigenvalue weighted by atomic mass is 9.94. The zero-order valence-electron chi connectivity index (χ0n) is 16.5. The fraction of sp³-hybridized carbons (Fsp3) is 0.667. The van der Waals surface area contributed by atoms with Gasteiger partial charge in [0.05, 0.1) is 6.10 Å². The summed E-state index contributed by atoms with van der Waals surface area (Å²) in [5.74, 6) is 1.30. The maximum atomic E-state index is 5.91. The van der Waals surface area contributed by atoms with Crippen molar-refractivity contribution in [2.75, 3.05) is 32.9 Å². The number of hydrogen-bond acceptors (Lipinski definition) is 3. The molecule has 1 aromatic rings. The van der Waals surface area contributed by atoms with E-state index in [9.17, 15) is 0 Å². The number of guanidine groups is 1. The van der Waals surface area contributed by atoms with Crippen molar-refractivity contribution in [1.82, 2.24) is 10.6 Å². The molecule has 1 aliphatic heterocycles. The van der Waals surface area contributed by atoms with Gasteiger partial charge in [0.15, 0.2) is 5.96 Å². The van der Waals surface area contributed by atoms with Crippen LogP contribution >= 0.6 is 0 Å². The third kappa shape index (κ3) is 7.34. The number of aliphatic imine (C=N–C) groups is 1. The molecule has 146 valence electrons. The largest absolute Gasteiger partial charge is 0.381 e. The van der Waals surface area contributed by atoms with Gasteiger partial charge in [0.1, 0.15) is 0 Å². The van der Waals surface area contributed by atoms with Crippen LogP contribution in [0.3, 0.4) is 0 Å². The SMILES string of the molecule is CCNC(=NCCCOC1CCOCC1)NC(C)C(C)c1ccccc1. The Bertz CT molecular complexity index is 515. The van der Waals surface area contributed by atoms with Crippen molar-refractivity contribution in [1.29, 1.82) is 0 Å². The van der Waals surface area contributed by atoms with E-state index in [1.54, 1.807) is 0 Å². The number of nitrogens with zero attached hydrogens (tertiary/aromatic N) is 1. The topological polar surface area (TPSA) is 54.9 Å². The van der Waals surface area contributed by atoms with Gasteiger partial charge >= 0.3 is 0 Å². The van der Waals surface area contributed by atoms with Gasteiger partial charge in [0.25, 0.3) is 0 Å². The molecule has 0 spiro atoms. The molecular weight excluding hydrogens is 326 g/mol. The predicted octanol–water partition coefficient (Wildman–Crippen LogP) is 3.32. The van der Waals surface area contributed by atoms with Gasteiger partial charge in [-0.2, -0.15) is 0 Å².